The second-order valence-corrected chi connectivity index (χ2v) is 7.15. The van der Waals surface area contributed by atoms with Crippen LogP contribution >= 0.6 is 28.1 Å². The van der Waals surface area contributed by atoms with Crippen LogP contribution in [-0.2, 0) is 5.41 Å². The molecule has 2 heterocycles. The van der Waals surface area contributed by atoms with Crippen molar-refractivity contribution in [1.29, 1.82) is 0 Å². The van der Waals surface area contributed by atoms with Crippen molar-refractivity contribution in [2.45, 2.75) is 26.2 Å². The van der Waals surface area contributed by atoms with Crippen LogP contribution in [0.25, 0.3) is 22.4 Å². The highest BCUT2D eigenvalue weighted by molar-refractivity contribution is 9.10. The molecule has 0 unspecified atom stereocenters. The number of rotatable bonds is 1. The van der Waals surface area contributed by atoms with E-state index in [1.54, 1.807) is 6.26 Å². The highest BCUT2D eigenvalue weighted by atomic mass is 79.9. The van der Waals surface area contributed by atoms with Crippen molar-refractivity contribution in [1.82, 2.24) is 9.97 Å². The predicted molar refractivity (Wildman–Crippen MR) is 91.0 cm³/mol. The average Bonchev–Trinajstić information content (AvgIpc) is 2.84. The van der Waals surface area contributed by atoms with Crippen LogP contribution in [0.2, 0.25) is 0 Å². The number of fused-ring (bicyclic) bond motifs is 1. The van der Waals surface area contributed by atoms with E-state index in [2.05, 4.69) is 46.7 Å². The molecule has 0 atom stereocenters. The van der Waals surface area contributed by atoms with Crippen LogP contribution in [0.3, 0.4) is 0 Å². The van der Waals surface area contributed by atoms with Crippen molar-refractivity contribution in [3.8, 4) is 11.4 Å². The van der Waals surface area contributed by atoms with Crippen molar-refractivity contribution in [2.24, 2.45) is 0 Å². The van der Waals surface area contributed by atoms with Crippen molar-refractivity contribution in [3.63, 3.8) is 0 Å². The van der Waals surface area contributed by atoms with Crippen LogP contribution in [0.4, 0.5) is 0 Å². The van der Waals surface area contributed by atoms with E-state index in [1.807, 2.05) is 24.3 Å². The Labute approximate surface area is 136 Å². The minimum Gasteiger partial charge on any atom is -0.464 e. The maximum absolute atomic E-state index is 5.59. The summed E-state index contributed by atoms with van der Waals surface area (Å²) >= 11 is 8.93. The Hall–Kier alpha value is -1.46. The molecule has 2 aromatic heterocycles. The smallest absolute Gasteiger partial charge is 0.144 e. The Kier molecular flexibility index (Phi) is 3.50. The van der Waals surface area contributed by atoms with Crippen molar-refractivity contribution in [2.75, 3.05) is 0 Å². The molecule has 3 aromatic rings. The number of benzene rings is 1. The van der Waals surface area contributed by atoms with Crippen molar-refractivity contribution >= 4 is 39.1 Å². The second-order valence-electron chi connectivity index (χ2n) is 5.98. The van der Waals surface area contributed by atoms with E-state index >= 15 is 0 Å². The minimum absolute atomic E-state index is 0.0659. The van der Waals surface area contributed by atoms with Crippen molar-refractivity contribution in [3.05, 3.63) is 45.3 Å². The van der Waals surface area contributed by atoms with Gasteiger partial charge in [0.25, 0.3) is 0 Å². The van der Waals surface area contributed by atoms with Gasteiger partial charge in [-0.1, -0.05) is 51.2 Å². The van der Waals surface area contributed by atoms with Crippen LogP contribution < -0.4 is 0 Å². The molecule has 0 radical (unpaired) electrons. The number of hydrogen-bond acceptors (Lipinski definition) is 3. The van der Waals surface area contributed by atoms with Gasteiger partial charge < -0.3 is 9.40 Å². The molecular weight excluding hydrogens is 348 g/mol. The van der Waals surface area contributed by atoms with Crippen LogP contribution in [0.1, 0.15) is 26.5 Å². The highest BCUT2D eigenvalue weighted by Gasteiger charge is 2.21. The maximum Gasteiger partial charge on any atom is 0.144 e. The lowest BCUT2D eigenvalue weighted by Gasteiger charge is -2.21. The molecular formula is C16H15BrN2OS. The lowest BCUT2D eigenvalue weighted by molar-refractivity contribution is 0.563. The summed E-state index contributed by atoms with van der Waals surface area (Å²) in [7, 11) is 0. The van der Waals surface area contributed by atoms with Gasteiger partial charge in [-0.15, -0.1) is 0 Å². The Bertz CT molecular complexity index is 874. The van der Waals surface area contributed by atoms with E-state index in [1.165, 1.54) is 0 Å². The first-order valence-corrected chi connectivity index (χ1v) is 7.85. The van der Waals surface area contributed by atoms with Gasteiger partial charge in [-0.05, 0) is 22.0 Å². The average molecular weight is 363 g/mol. The van der Waals surface area contributed by atoms with Gasteiger partial charge in [0.1, 0.15) is 22.3 Å². The van der Waals surface area contributed by atoms with E-state index in [4.69, 9.17) is 16.6 Å². The highest BCUT2D eigenvalue weighted by Crippen LogP contribution is 2.33. The second kappa shape index (κ2) is 5.07. The molecule has 0 amide bonds. The Morgan fingerprint density at radius 2 is 1.95 bits per heavy atom. The molecule has 108 valence electrons. The van der Waals surface area contributed by atoms with Crippen LogP contribution in [0.15, 0.2) is 39.4 Å². The quantitative estimate of drug-likeness (QED) is 0.571. The fourth-order valence-electron chi connectivity index (χ4n) is 2.26. The van der Waals surface area contributed by atoms with Crippen molar-refractivity contribution < 1.29 is 4.42 Å². The number of hydrogen-bond donors (Lipinski definition) is 1. The molecule has 0 bridgehead atoms. The molecule has 0 aliphatic rings. The summed E-state index contributed by atoms with van der Waals surface area (Å²) < 4.78 is 7.00. The summed E-state index contributed by atoms with van der Waals surface area (Å²) in [5.41, 5.74) is 2.73. The van der Waals surface area contributed by atoms with Crippen LogP contribution in [0, 0.1) is 4.64 Å². The summed E-state index contributed by atoms with van der Waals surface area (Å²) in [6.07, 6.45) is 1.72. The molecule has 0 aliphatic carbocycles. The molecule has 3 nitrogen and oxygen atoms in total. The lowest BCUT2D eigenvalue weighted by Crippen LogP contribution is -2.16. The van der Waals surface area contributed by atoms with Crippen LogP contribution in [0.5, 0.6) is 0 Å². The molecule has 1 aromatic carbocycles. The largest absolute Gasteiger partial charge is 0.464 e. The molecule has 0 spiro atoms. The number of nitrogens with zero attached hydrogens (tertiary/aromatic N) is 1. The Morgan fingerprint density at radius 1 is 1.24 bits per heavy atom. The summed E-state index contributed by atoms with van der Waals surface area (Å²) in [4.78, 5) is 7.90. The zero-order valence-corrected chi connectivity index (χ0v) is 14.4. The van der Waals surface area contributed by atoms with Gasteiger partial charge in [-0.25, -0.2) is 4.98 Å². The topological polar surface area (TPSA) is 41.8 Å². The lowest BCUT2D eigenvalue weighted by atomic mass is 9.92. The third-order valence-corrected chi connectivity index (χ3v) is 4.68. The van der Waals surface area contributed by atoms with Gasteiger partial charge in [0.2, 0.25) is 0 Å². The number of halogens is 1. The van der Waals surface area contributed by atoms with E-state index < -0.39 is 0 Å². The molecule has 21 heavy (non-hydrogen) atoms. The number of aromatic nitrogens is 2. The zero-order chi connectivity index (χ0) is 15.2. The normalized spacial score (nSPS) is 12.0. The zero-order valence-electron chi connectivity index (χ0n) is 12.0. The van der Waals surface area contributed by atoms with Gasteiger partial charge in [0.15, 0.2) is 0 Å². The molecule has 0 aliphatic heterocycles. The molecule has 0 saturated heterocycles. The first-order chi connectivity index (χ1) is 9.88. The van der Waals surface area contributed by atoms with Gasteiger partial charge in [0, 0.05) is 16.5 Å². The standard InChI is InChI=1S/C16H15BrN2OS/c1-16(2,3)13-12(17)15(21)19-14(18-13)10-8-20-11-7-5-4-6-9(10)11/h4-8H,1-3H3,(H,18,19,21). The number of H-pyrrole nitrogens is 1. The Morgan fingerprint density at radius 3 is 2.67 bits per heavy atom. The van der Waals surface area contributed by atoms with Gasteiger partial charge in [-0.3, -0.25) is 0 Å². The monoisotopic (exact) mass is 362 g/mol. The number of nitrogens with one attached hydrogen (secondary N) is 1. The third-order valence-electron chi connectivity index (χ3n) is 3.35. The molecule has 1 N–H and O–H groups in total. The summed E-state index contributed by atoms with van der Waals surface area (Å²) in [5, 5.41) is 1.03. The first kappa shape index (κ1) is 14.5. The predicted octanol–water partition coefficient (Wildman–Crippen LogP) is 5.61. The molecule has 3 rings (SSSR count). The fourth-order valence-corrected chi connectivity index (χ4v) is 3.24. The molecule has 0 saturated carbocycles. The number of aromatic amines is 1. The van der Waals surface area contributed by atoms with E-state index in [0.29, 0.717) is 4.64 Å². The summed E-state index contributed by atoms with van der Waals surface area (Å²) in [6, 6.07) is 7.90. The minimum atomic E-state index is -0.0659. The third kappa shape index (κ3) is 2.56. The first-order valence-electron chi connectivity index (χ1n) is 6.65. The number of furan rings is 1. The molecule has 5 heteroatoms. The fraction of sp³-hybridized carbons (Fsp3) is 0.250. The maximum atomic E-state index is 5.59. The SMILES string of the molecule is CC(C)(C)c1[nH]c(-c2coc3ccccc23)nc(=S)c1Br. The molecule has 0 fully saturated rings. The number of para-hydroxylation sites is 1. The van der Waals surface area contributed by atoms with E-state index in [0.717, 1.165) is 32.5 Å². The van der Waals surface area contributed by atoms with E-state index in [-0.39, 0.29) is 5.41 Å². The van der Waals surface area contributed by atoms with Crippen LogP contribution in [-0.4, -0.2) is 9.97 Å². The van der Waals surface area contributed by atoms with Gasteiger partial charge in [-0.2, -0.15) is 0 Å². The van der Waals surface area contributed by atoms with Gasteiger partial charge in [0.05, 0.1) is 10.0 Å². The summed E-state index contributed by atoms with van der Waals surface area (Å²) in [5.74, 6) is 0.734. The summed E-state index contributed by atoms with van der Waals surface area (Å²) in [6.45, 7) is 6.40. The van der Waals surface area contributed by atoms with E-state index in [9.17, 15) is 0 Å². The Balaban J connectivity index is 2.29. The van der Waals surface area contributed by atoms with Gasteiger partial charge >= 0.3 is 0 Å².